The van der Waals surface area contributed by atoms with Crippen molar-refractivity contribution in [3.05, 3.63) is 29.8 Å². The van der Waals surface area contributed by atoms with Gasteiger partial charge in [-0.2, -0.15) is 0 Å². The van der Waals surface area contributed by atoms with Crippen LogP contribution < -0.4 is 33.4 Å². The average molecular weight is 762 g/mol. The van der Waals surface area contributed by atoms with Crippen molar-refractivity contribution in [2.45, 2.75) is 142 Å². The Morgan fingerprint density at radius 3 is 2.02 bits per heavy atom. The lowest BCUT2D eigenvalue weighted by Gasteiger charge is -2.49. The molecule has 20 atom stereocenters. The molecule has 0 aromatic heterocycles. The van der Waals surface area contributed by atoms with Crippen molar-refractivity contribution in [1.29, 1.82) is 0 Å². The highest BCUT2D eigenvalue weighted by molar-refractivity contribution is 5.27. The van der Waals surface area contributed by atoms with Gasteiger partial charge < -0.3 is 102 Å². The summed E-state index contributed by atoms with van der Waals surface area (Å²) in [6.45, 7) is -0.725. The number of ether oxygens (including phenoxy) is 9. The topological polar surface area (TPSA) is 335 Å². The van der Waals surface area contributed by atoms with Crippen LogP contribution in [0.5, 0.6) is 5.75 Å². The second kappa shape index (κ2) is 17.6. The van der Waals surface area contributed by atoms with E-state index in [-0.39, 0.29) is 19.6 Å². The van der Waals surface area contributed by atoms with Gasteiger partial charge in [-0.05, 0) is 30.5 Å². The van der Waals surface area contributed by atoms with Crippen molar-refractivity contribution < 1.29 is 73.3 Å². The first-order valence-electron chi connectivity index (χ1n) is 17.9. The van der Waals surface area contributed by atoms with Gasteiger partial charge in [-0.1, -0.05) is 12.1 Å². The van der Waals surface area contributed by atoms with Crippen LogP contribution in [0.15, 0.2) is 24.3 Å². The summed E-state index contributed by atoms with van der Waals surface area (Å²) >= 11 is 0. The fourth-order valence-electron chi connectivity index (χ4n) is 7.48. The predicted molar refractivity (Wildman–Crippen MR) is 179 cm³/mol. The minimum absolute atomic E-state index is 0.0775. The minimum atomic E-state index is -1.60. The lowest BCUT2D eigenvalue weighted by atomic mass is 9.84. The van der Waals surface area contributed by atoms with Crippen LogP contribution in [-0.4, -0.2) is 180 Å². The number of aryl methyl sites for hydroxylation is 1. The van der Waals surface area contributed by atoms with E-state index in [1.165, 1.54) is 0 Å². The quantitative estimate of drug-likeness (QED) is 0.0945. The second-order valence-electron chi connectivity index (χ2n) is 14.3. The Labute approximate surface area is 306 Å². The molecule has 1 aliphatic carbocycles. The van der Waals surface area contributed by atoms with Crippen LogP contribution in [-0.2, 0) is 44.3 Å². The molecular formula is C33H55N5O15. The normalized spacial score (nSPS) is 47.6. The summed E-state index contributed by atoms with van der Waals surface area (Å²) in [4.78, 5) is 0. The van der Waals surface area contributed by atoms with Gasteiger partial charge in [-0.3, -0.25) is 0 Å². The van der Waals surface area contributed by atoms with E-state index in [4.69, 9.17) is 71.3 Å². The zero-order valence-corrected chi connectivity index (χ0v) is 29.3. The highest BCUT2D eigenvalue weighted by atomic mass is 16.8. The largest absolute Gasteiger partial charge is 0.497 e. The number of benzene rings is 1. The maximum Gasteiger partial charge on any atom is 0.187 e. The Balaban J connectivity index is 1.09. The molecule has 0 radical (unpaired) electrons. The number of rotatable bonds is 12. The van der Waals surface area contributed by atoms with E-state index >= 15 is 0 Å². The van der Waals surface area contributed by atoms with E-state index in [9.17, 15) is 30.6 Å². The summed E-state index contributed by atoms with van der Waals surface area (Å²) in [6.07, 6.45) is -18.1. The van der Waals surface area contributed by atoms with Gasteiger partial charge in [0.05, 0.1) is 38.5 Å². The Morgan fingerprint density at radius 1 is 0.698 bits per heavy atom. The fraction of sp³-hybridized carbons (Fsp3) is 0.818. The van der Waals surface area contributed by atoms with Gasteiger partial charge in [-0.25, -0.2) is 0 Å². The molecular weight excluding hydrogens is 706 g/mol. The Kier molecular flexibility index (Phi) is 13.6. The van der Waals surface area contributed by atoms with Crippen molar-refractivity contribution in [2.24, 2.45) is 28.7 Å². The first-order valence-corrected chi connectivity index (χ1v) is 17.9. The van der Waals surface area contributed by atoms with Crippen LogP contribution >= 0.6 is 0 Å². The molecule has 20 nitrogen and oxygen atoms in total. The fourth-order valence-corrected chi connectivity index (χ4v) is 7.48. The molecule has 4 heterocycles. The highest BCUT2D eigenvalue weighted by Gasteiger charge is 2.55. The zero-order valence-electron chi connectivity index (χ0n) is 29.3. The van der Waals surface area contributed by atoms with Crippen LogP contribution in [0.1, 0.15) is 18.4 Å². The first kappa shape index (κ1) is 40.9. The molecule has 20 heteroatoms. The SMILES string of the molecule is COc1ccc(CC[C@@H]2OC[C@H]3O[C@H](O[C@H]4[C@H](O[C@@H]5O[C@H](CO)[C@@H](O[C@H]6O[C@@H](CN)[C@@H](O)[C@H](O)[C@H]6N)[C@H]5O)[C@@H](O)[C@H](N)C[C@@H]4N)[C@H](N)[C@@H](O)[C@@H]3O2)cc1. The highest BCUT2D eigenvalue weighted by Crippen LogP contribution is 2.35. The third-order valence-corrected chi connectivity index (χ3v) is 10.7. The summed E-state index contributed by atoms with van der Waals surface area (Å²) in [7, 11) is 1.60. The molecule has 16 N–H and O–H groups in total. The van der Waals surface area contributed by atoms with Gasteiger partial charge in [0.15, 0.2) is 25.2 Å². The van der Waals surface area contributed by atoms with Crippen LogP contribution in [0.4, 0.5) is 0 Å². The molecule has 302 valence electrons. The summed E-state index contributed by atoms with van der Waals surface area (Å²) in [5.74, 6) is 0.750. The minimum Gasteiger partial charge on any atom is -0.497 e. The number of hydrogen-bond donors (Lipinski definition) is 11. The van der Waals surface area contributed by atoms with Crippen LogP contribution in [0.3, 0.4) is 0 Å². The molecule has 4 aliphatic heterocycles. The summed E-state index contributed by atoms with van der Waals surface area (Å²) in [5, 5.41) is 64.5. The monoisotopic (exact) mass is 761 g/mol. The van der Waals surface area contributed by atoms with Gasteiger partial charge in [-0.15, -0.1) is 0 Å². The summed E-state index contributed by atoms with van der Waals surface area (Å²) in [5.41, 5.74) is 31.9. The summed E-state index contributed by atoms with van der Waals surface area (Å²) in [6, 6.07) is 3.58. The molecule has 1 saturated carbocycles. The van der Waals surface area contributed by atoms with Gasteiger partial charge in [0.2, 0.25) is 0 Å². The lowest BCUT2D eigenvalue weighted by Crippen LogP contribution is -2.69. The number of nitrogens with two attached hydrogens (primary N) is 5. The Morgan fingerprint density at radius 2 is 1.34 bits per heavy atom. The number of aliphatic hydroxyl groups excluding tert-OH is 6. The van der Waals surface area contributed by atoms with E-state index < -0.39 is 129 Å². The molecule has 0 amide bonds. The maximum absolute atomic E-state index is 11.3. The third kappa shape index (κ3) is 8.66. The first-order chi connectivity index (χ1) is 25.3. The van der Waals surface area contributed by atoms with Crippen molar-refractivity contribution in [3.63, 3.8) is 0 Å². The average Bonchev–Trinajstić information content (AvgIpc) is 3.46. The van der Waals surface area contributed by atoms with E-state index in [1.807, 2.05) is 24.3 Å². The molecule has 0 bridgehead atoms. The lowest BCUT2D eigenvalue weighted by molar-refractivity contribution is -0.354. The molecule has 5 aliphatic rings. The molecule has 1 aromatic rings. The van der Waals surface area contributed by atoms with Crippen LogP contribution in [0.25, 0.3) is 0 Å². The van der Waals surface area contributed by atoms with Crippen molar-refractivity contribution in [1.82, 2.24) is 0 Å². The molecule has 1 aromatic carbocycles. The van der Waals surface area contributed by atoms with Crippen LogP contribution in [0.2, 0.25) is 0 Å². The van der Waals surface area contributed by atoms with Gasteiger partial charge >= 0.3 is 0 Å². The third-order valence-electron chi connectivity index (χ3n) is 10.7. The number of hydrogen-bond acceptors (Lipinski definition) is 20. The van der Waals surface area contributed by atoms with Crippen molar-refractivity contribution in [2.75, 3.05) is 26.9 Å². The van der Waals surface area contributed by atoms with Gasteiger partial charge in [0.25, 0.3) is 0 Å². The van der Waals surface area contributed by atoms with E-state index in [0.29, 0.717) is 12.8 Å². The zero-order chi connectivity index (χ0) is 38.1. The van der Waals surface area contributed by atoms with Crippen LogP contribution in [0, 0.1) is 0 Å². The van der Waals surface area contributed by atoms with Crippen molar-refractivity contribution in [3.8, 4) is 5.75 Å². The predicted octanol–water partition coefficient (Wildman–Crippen LogP) is -5.83. The molecule has 5 fully saturated rings. The number of methoxy groups -OCH3 is 1. The Bertz CT molecular complexity index is 1310. The Hall–Kier alpha value is -1.74. The molecule has 0 unspecified atom stereocenters. The van der Waals surface area contributed by atoms with E-state index in [2.05, 4.69) is 0 Å². The second-order valence-corrected chi connectivity index (χ2v) is 14.3. The smallest absolute Gasteiger partial charge is 0.187 e. The van der Waals surface area contributed by atoms with Crippen molar-refractivity contribution >= 4 is 0 Å². The van der Waals surface area contributed by atoms with E-state index in [1.54, 1.807) is 7.11 Å². The summed E-state index contributed by atoms with van der Waals surface area (Å²) < 4.78 is 53.0. The standard InChI is InChI=1S/C33H55N5O15/c1-45-13-5-2-12(3-6-13)4-7-19-46-11-18-29(50-19)25(43)21(38)32(49-18)51-27-15(36)8-14(35)22(40)30(27)53-33-26(44)28(17(10-39)48-33)52-31-20(37)24(42)23(41)16(9-34)47-31/h2-3,5-6,14-33,39-44H,4,7-11,34-38H2,1H3/t14-,15+,16+,17-,18-,19-,20-,21-,22+,23-,24-,25-,26-,27-,28-,29-,30-,31-,32-,33+/m1/s1. The van der Waals surface area contributed by atoms with E-state index in [0.717, 1.165) is 11.3 Å². The number of aliphatic hydroxyl groups is 6. The molecule has 53 heavy (non-hydrogen) atoms. The molecule has 4 saturated heterocycles. The van der Waals surface area contributed by atoms with Gasteiger partial charge in [0, 0.05) is 25.0 Å². The molecule has 6 rings (SSSR count). The number of fused-ring (bicyclic) bond motifs is 1. The maximum atomic E-state index is 11.3. The van der Waals surface area contributed by atoms with Gasteiger partial charge in [0.1, 0.15) is 72.9 Å². The molecule has 0 spiro atoms.